The van der Waals surface area contributed by atoms with Gasteiger partial charge in [0.05, 0.1) is 0 Å². The third kappa shape index (κ3) is 145. The molecule has 0 rings (SSSR count). The topological polar surface area (TPSA) is 229 Å². The van der Waals surface area contributed by atoms with Crippen LogP contribution in [0.25, 0.3) is 0 Å². The van der Waals surface area contributed by atoms with Crippen LogP contribution < -0.4 is 20.4 Å². The van der Waals surface area contributed by atoms with Gasteiger partial charge in [0.25, 0.3) is 0 Å². The van der Waals surface area contributed by atoms with E-state index in [-0.39, 0.29) is 46.9 Å². The Balaban J connectivity index is -0.0000000533. The van der Waals surface area contributed by atoms with Crippen LogP contribution >= 0.6 is 0 Å². The summed E-state index contributed by atoms with van der Waals surface area (Å²) in [5.41, 5.74) is 0. The normalized spacial score (nSPS) is 6.10. The molecule has 0 aliphatic heterocycles. The molecule has 0 heterocycles. The third-order valence-corrected chi connectivity index (χ3v) is 0.385. The van der Waals surface area contributed by atoms with Gasteiger partial charge in [-0.1, -0.05) is 0 Å². The molecule has 0 aromatic heterocycles. The summed E-state index contributed by atoms with van der Waals surface area (Å²) in [6.45, 7) is 0. The van der Waals surface area contributed by atoms with Crippen molar-refractivity contribution >= 4 is 49.0 Å². The van der Waals surface area contributed by atoms with E-state index in [2.05, 4.69) is 0 Å². The summed E-state index contributed by atoms with van der Waals surface area (Å²) in [4.78, 5) is 70.9. The van der Waals surface area contributed by atoms with E-state index in [1.807, 2.05) is 0 Å². The molecule has 0 atom stereocenters. The molecule has 0 aliphatic rings. The third-order valence-electron chi connectivity index (χ3n) is 0.385. The fourth-order valence-corrected chi connectivity index (χ4v) is 0. The molecule has 0 radical (unpaired) electrons. The van der Waals surface area contributed by atoms with Gasteiger partial charge in [0.2, 0.25) is 0 Å². The molecule has 0 amide bonds. The van der Waals surface area contributed by atoms with Crippen LogP contribution in [0.15, 0.2) is 0 Å². The van der Waals surface area contributed by atoms with Crippen LogP contribution in [-0.2, 0) is 60.1 Å². The molecule has 0 unspecified atom stereocenters. The zero-order chi connectivity index (χ0) is 17.1. The van der Waals surface area contributed by atoms with Crippen molar-refractivity contribution in [1.82, 2.24) is 0 Å². The maximum absolute atomic E-state index is 8.89. The Bertz CT molecular complexity index is 301. The number of carboxylic acid groups (broad SMARTS) is 4. The van der Waals surface area contributed by atoms with E-state index < -0.39 is 23.9 Å². The number of hydrogen-bond donors (Lipinski definition) is 0. The smallest absolute Gasteiger partial charge is 0.542 e. The molecule has 13 heteroatoms. The van der Waals surface area contributed by atoms with Gasteiger partial charge in [-0.15, -0.1) is 0 Å². The monoisotopic (exact) mass is 340 g/mol. The minimum absolute atomic E-state index is 0. The molecule has 0 bridgehead atoms. The summed E-state index contributed by atoms with van der Waals surface area (Å²) >= 11 is 0. The van der Waals surface area contributed by atoms with Crippen molar-refractivity contribution in [3.63, 3.8) is 0 Å². The minimum atomic E-state index is -1.68. The number of aliphatic carboxylic acids is 4. The molecule has 0 N–H and O–H groups in total. The van der Waals surface area contributed by atoms with Gasteiger partial charge in [-0.25, -0.2) is 0 Å². The fraction of sp³-hybridized carbons (Fsp3) is 0. The Morgan fingerprint density at radius 3 is 0.524 bits per heavy atom. The number of aldehydes is 4. The van der Waals surface area contributed by atoms with Crippen molar-refractivity contribution in [2.75, 3.05) is 0 Å². The van der Waals surface area contributed by atoms with Crippen molar-refractivity contribution in [1.29, 1.82) is 0 Å². The van der Waals surface area contributed by atoms with E-state index in [1.165, 1.54) is 0 Å². The number of carbonyl (C=O) groups excluding carboxylic acids is 8. The predicted octanol–water partition coefficient (Wildman–Crippen LogP) is -8.26. The van der Waals surface area contributed by atoms with Gasteiger partial charge in [0.15, 0.2) is 25.1 Å². The maximum Gasteiger partial charge on any atom is 4.00 e. The Morgan fingerprint density at radius 1 is 0.476 bits per heavy atom. The Labute approximate surface area is 130 Å². The standard InChI is InChI=1S/4C2H2O3.Ti/c4*3-1-2(4)5;/h4*1H,(H,4,5);/q;;;;+4/p-4. The summed E-state index contributed by atoms with van der Waals surface area (Å²) in [7, 11) is 0. The van der Waals surface area contributed by atoms with Crippen molar-refractivity contribution in [3.8, 4) is 0 Å². The van der Waals surface area contributed by atoms with Crippen molar-refractivity contribution in [2.45, 2.75) is 0 Å². The van der Waals surface area contributed by atoms with Gasteiger partial charge < -0.3 is 39.6 Å². The number of hydrogen-bond acceptors (Lipinski definition) is 12. The van der Waals surface area contributed by atoms with E-state index >= 15 is 0 Å². The quantitative estimate of drug-likeness (QED) is 0.264. The second kappa shape index (κ2) is 26.0. The molecule has 112 valence electrons. The molecule has 0 aromatic carbocycles. The van der Waals surface area contributed by atoms with Gasteiger partial charge in [-0.3, -0.25) is 19.2 Å². The summed E-state index contributed by atoms with van der Waals surface area (Å²) < 4.78 is 0. The predicted molar refractivity (Wildman–Crippen MR) is 44.3 cm³/mol. The first-order chi connectivity index (χ1) is 9.08. The van der Waals surface area contributed by atoms with Gasteiger partial charge in [0.1, 0.15) is 23.9 Å². The molecule has 0 spiro atoms. The maximum atomic E-state index is 8.89. The molecule has 0 saturated carbocycles. The Morgan fingerprint density at radius 2 is 0.524 bits per heavy atom. The van der Waals surface area contributed by atoms with Crippen molar-refractivity contribution in [2.24, 2.45) is 0 Å². The molecule has 12 nitrogen and oxygen atoms in total. The van der Waals surface area contributed by atoms with Crippen LogP contribution in [0, 0.1) is 0 Å². The van der Waals surface area contributed by atoms with Crippen LogP contribution in [0.1, 0.15) is 0 Å². The summed E-state index contributed by atoms with van der Waals surface area (Å²) in [6, 6.07) is 0. The SMILES string of the molecule is O=CC(=O)[O-].O=CC(=O)[O-].O=CC(=O)[O-].O=CC(=O)[O-].[Ti+4]. The first kappa shape index (κ1) is 30.9. The van der Waals surface area contributed by atoms with E-state index in [0.717, 1.165) is 0 Å². The van der Waals surface area contributed by atoms with Crippen molar-refractivity contribution in [3.05, 3.63) is 0 Å². The Kier molecular flexibility index (Phi) is 38.3. The van der Waals surface area contributed by atoms with Gasteiger partial charge >= 0.3 is 21.7 Å². The first-order valence-corrected chi connectivity index (χ1v) is 3.73. The van der Waals surface area contributed by atoms with Crippen LogP contribution in [0.4, 0.5) is 0 Å². The average molecular weight is 340 g/mol. The Hall–Kier alpha value is -2.73. The summed E-state index contributed by atoms with van der Waals surface area (Å²) in [5, 5.41) is 35.6. The molecule has 0 fully saturated rings. The van der Waals surface area contributed by atoms with Crippen LogP contribution in [-0.4, -0.2) is 49.0 Å². The molecular formula is C8H4O12Ti. The van der Waals surface area contributed by atoms with Gasteiger partial charge in [0, 0.05) is 0 Å². The van der Waals surface area contributed by atoms with Crippen LogP contribution in [0.3, 0.4) is 0 Å². The number of carboxylic acids is 4. The van der Waals surface area contributed by atoms with Crippen molar-refractivity contribution < 1.29 is 80.5 Å². The van der Waals surface area contributed by atoms with Crippen LogP contribution in [0.2, 0.25) is 0 Å². The second-order valence-corrected chi connectivity index (χ2v) is 1.75. The molecule has 21 heavy (non-hydrogen) atoms. The summed E-state index contributed by atoms with van der Waals surface area (Å²) in [6.07, 6.45) is -1.11. The van der Waals surface area contributed by atoms with E-state index in [1.54, 1.807) is 0 Å². The fourth-order valence-electron chi connectivity index (χ4n) is 0. The average Bonchev–Trinajstić information content (AvgIpc) is 2.40. The summed E-state index contributed by atoms with van der Waals surface area (Å²) in [5.74, 6) is -6.70. The van der Waals surface area contributed by atoms with Crippen LogP contribution in [0.5, 0.6) is 0 Å². The molecule has 0 saturated heterocycles. The zero-order valence-electron chi connectivity index (χ0n) is 9.71. The minimum Gasteiger partial charge on any atom is -0.542 e. The van der Waals surface area contributed by atoms with Gasteiger partial charge in [-0.2, -0.15) is 0 Å². The van der Waals surface area contributed by atoms with Gasteiger partial charge in [-0.05, 0) is 0 Å². The first-order valence-electron chi connectivity index (χ1n) is 3.73. The van der Waals surface area contributed by atoms with E-state index in [0.29, 0.717) is 0 Å². The second-order valence-electron chi connectivity index (χ2n) is 1.75. The van der Waals surface area contributed by atoms with E-state index in [4.69, 9.17) is 58.8 Å². The molecule has 0 aliphatic carbocycles. The zero-order valence-corrected chi connectivity index (χ0v) is 11.3. The number of rotatable bonds is 4. The molecular weight excluding hydrogens is 336 g/mol. The largest absolute Gasteiger partial charge is 4.00 e. The molecule has 0 aromatic rings. The number of carbonyl (C=O) groups is 8. The van der Waals surface area contributed by atoms with E-state index in [9.17, 15) is 0 Å².